The predicted molar refractivity (Wildman–Crippen MR) is 51.6 cm³/mol. The minimum Gasteiger partial charge on any atom is -0.370 e. The molecule has 0 unspecified atom stereocenters. The van der Waals surface area contributed by atoms with Crippen molar-refractivity contribution in [3.05, 3.63) is 17.8 Å². The molecule has 0 radical (unpaired) electrons. The third-order valence-electron chi connectivity index (χ3n) is 1.61. The molecule has 0 aliphatic heterocycles. The summed E-state index contributed by atoms with van der Waals surface area (Å²) in [4.78, 5) is 9.35. The maximum absolute atomic E-state index is 4.15. The van der Waals surface area contributed by atoms with Gasteiger partial charge < -0.3 is 5.32 Å². The number of nitrogens with one attached hydrogen (secondary N) is 1. The van der Waals surface area contributed by atoms with E-state index in [0.29, 0.717) is 0 Å². The van der Waals surface area contributed by atoms with Crippen molar-refractivity contribution in [3.8, 4) is 0 Å². The fraction of sp³-hybridized carbons (Fsp3) is 0.250. The van der Waals surface area contributed by atoms with E-state index < -0.39 is 0 Å². The predicted octanol–water partition coefficient (Wildman–Crippen LogP) is 2.12. The summed E-state index contributed by atoms with van der Waals surface area (Å²) in [6.07, 6.45) is 1.59. The molecule has 2 aromatic rings. The Labute approximate surface area is 74.5 Å². The molecule has 2 rings (SSSR count). The minimum absolute atomic E-state index is 0.891. The molecule has 2 heterocycles. The van der Waals surface area contributed by atoms with Gasteiger partial charge in [0.2, 0.25) is 0 Å². The molecule has 12 heavy (non-hydrogen) atoms. The van der Waals surface area contributed by atoms with Gasteiger partial charge in [-0.05, 0) is 18.4 Å². The number of hydrogen-bond acceptors (Lipinski definition) is 4. The first-order chi connectivity index (χ1) is 5.92. The van der Waals surface area contributed by atoms with E-state index >= 15 is 0 Å². The Balaban J connectivity index is 2.57. The lowest BCUT2D eigenvalue weighted by molar-refractivity contribution is 1.14. The van der Waals surface area contributed by atoms with Crippen LogP contribution in [0.3, 0.4) is 0 Å². The maximum Gasteiger partial charge on any atom is 0.138 e. The average molecular weight is 179 g/mol. The molecule has 0 amide bonds. The molecular weight excluding hydrogens is 170 g/mol. The molecular formula is C8H9N3S. The highest BCUT2D eigenvalue weighted by Gasteiger charge is 2.01. The summed E-state index contributed by atoms with van der Waals surface area (Å²) in [5.74, 6) is 0.934. The van der Waals surface area contributed by atoms with Crippen LogP contribution < -0.4 is 5.32 Å². The Kier molecular flexibility index (Phi) is 1.91. The molecule has 62 valence electrons. The summed E-state index contributed by atoms with van der Waals surface area (Å²) >= 11 is 1.64. The summed E-state index contributed by atoms with van der Waals surface area (Å²) < 4.78 is 0. The lowest BCUT2D eigenvalue weighted by atomic mass is 10.4. The van der Waals surface area contributed by atoms with Crippen LogP contribution in [0.4, 0.5) is 5.82 Å². The quantitative estimate of drug-likeness (QED) is 0.767. The second-order valence-electron chi connectivity index (χ2n) is 2.39. The number of thiophene rings is 1. The van der Waals surface area contributed by atoms with Gasteiger partial charge in [0.1, 0.15) is 17.0 Å². The lowest BCUT2D eigenvalue weighted by Crippen LogP contribution is -1.99. The van der Waals surface area contributed by atoms with Gasteiger partial charge in [0.25, 0.3) is 0 Å². The van der Waals surface area contributed by atoms with Gasteiger partial charge >= 0.3 is 0 Å². The van der Waals surface area contributed by atoms with E-state index in [1.807, 2.05) is 11.4 Å². The monoisotopic (exact) mass is 179 g/mol. The number of nitrogens with zero attached hydrogens (tertiary/aromatic N) is 2. The SMILES string of the molecule is CCNc1ncnc2sccc12. The van der Waals surface area contributed by atoms with Crippen molar-refractivity contribution in [2.75, 3.05) is 11.9 Å². The first kappa shape index (κ1) is 7.49. The fourth-order valence-electron chi connectivity index (χ4n) is 1.10. The first-order valence-corrected chi connectivity index (χ1v) is 4.72. The van der Waals surface area contributed by atoms with Gasteiger partial charge in [-0.15, -0.1) is 11.3 Å². The van der Waals surface area contributed by atoms with Gasteiger partial charge in [-0.2, -0.15) is 0 Å². The molecule has 0 saturated heterocycles. The number of rotatable bonds is 2. The highest BCUT2D eigenvalue weighted by molar-refractivity contribution is 7.16. The average Bonchev–Trinajstić information content (AvgIpc) is 2.53. The standard InChI is InChI=1S/C8H9N3S/c1-2-9-7-6-3-4-12-8(6)11-5-10-7/h3-5H,2H2,1H3,(H,9,10,11). The van der Waals surface area contributed by atoms with Crippen LogP contribution in [0, 0.1) is 0 Å². The van der Waals surface area contributed by atoms with E-state index in [2.05, 4.69) is 22.2 Å². The molecule has 0 aliphatic rings. The van der Waals surface area contributed by atoms with E-state index in [0.717, 1.165) is 22.6 Å². The third-order valence-corrected chi connectivity index (χ3v) is 2.43. The van der Waals surface area contributed by atoms with E-state index in [9.17, 15) is 0 Å². The zero-order valence-electron chi connectivity index (χ0n) is 6.74. The Morgan fingerprint density at radius 1 is 1.50 bits per heavy atom. The molecule has 0 fully saturated rings. The van der Waals surface area contributed by atoms with E-state index in [4.69, 9.17) is 0 Å². The Morgan fingerprint density at radius 2 is 2.42 bits per heavy atom. The summed E-state index contributed by atoms with van der Waals surface area (Å²) in [7, 11) is 0. The van der Waals surface area contributed by atoms with Crippen LogP contribution in [0.1, 0.15) is 6.92 Å². The van der Waals surface area contributed by atoms with E-state index in [-0.39, 0.29) is 0 Å². The first-order valence-electron chi connectivity index (χ1n) is 3.84. The van der Waals surface area contributed by atoms with Gasteiger partial charge in [0.05, 0.1) is 5.39 Å². The van der Waals surface area contributed by atoms with Gasteiger partial charge in [-0.1, -0.05) is 0 Å². The van der Waals surface area contributed by atoms with Crippen LogP contribution in [0.25, 0.3) is 10.2 Å². The Hall–Kier alpha value is -1.16. The smallest absolute Gasteiger partial charge is 0.138 e. The Morgan fingerprint density at radius 3 is 3.25 bits per heavy atom. The largest absolute Gasteiger partial charge is 0.370 e. The van der Waals surface area contributed by atoms with Gasteiger partial charge in [-0.3, -0.25) is 0 Å². The van der Waals surface area contributed by atoms with Crippen molar-refractivity contribution in [2.24, 2.45) is 0 Å². The topological polar surface area (TPSA) is 37.8 Å². The van der Waals surface area contributed by atoms with Crippen molar-refractivity contribution in [1.82, 2.24) is 9.97 Å². The summed E-state index contributed by atoms with van der Waals surface area (Å²) in [5, 5.41) is 6.34. The van der Waals surface area contributed by atoms with Crippen LogP contribution >= 0.6 is 11.3 Å². The van der Waals surface area contributed by atoms with Crippen LogP contribution in [0.2, 0.25) is 0 Å². The number of hydrogen-bond donors (Lipinski definition) is 1. The van der Waals surface area contributed by atoms with Crippen molar-refractivity contribution < 1.29 is 0 Å². The Bertz CT molecular complexity index is 382. The molecule has 0 saturated carbocycles. The van der Waals surface area contributed by atoms with Gasteiger partial charge in [-0.25, -0.2) is 9.97 Å². The molecule has 3 nitrogen and oxygen atoms in total. The fourth-order valence-corrected chi connectivity index (χ4v) is 1.83. The van der Waals surface area contributed by atoms with E-state index in [1.165, 1.54) is 0 Å². The summed E-state index contributed by atoms with van der Waals surface area (Å²) in [6, 6.07) is 2.04. The lowest BCUT2D eigenvalue weighted by Gasteiger charge is -2.01. The summed E-state index contributed by atoms with van der Waals surface area (Å²) in [5.41, 5.74) is 0. The van der Waals surface area contributed by atoms with Crippen molar-refractivity contribution in [3.63, 3.8) is 0 Å². The number of anilines is 1. The zero-order valence-corrected chi connectivity index (χ0v) is 7.56. The normalized spacial score (nSPS) is 10.4. The van der Waals surface area contributed by atoms with E-state index in [1.54, 1.807) is 17.7 Å². The zero-order chi connectivity index (χ0) is 8.39. The minimum atomic E-state index is 0.891. The maximum atomic E-state index is 4.15. The summed E-state index contributed by atoms with van der Waals surface area (Å²) in [6.45, 7) is 2.95. The van der Waals surface area contributed by atoms with Crippen LogP contribution in [-0.4, -0.2) is 16.5 Å². The third kappa shape index (κ3) is 1.14. The van der Waals surface area contributed by atoms with Crippen LogP contribution in [0.5, 0.6) is 0 Å². The van der Waals surface area contributed by atoms with Crippen molar-refractivity contribution >= 4 is 27.4 Å². The van der Waals surface area contributed by atoms with Crippen LogP contribution in [0.15, 0.2) is 17.8 Å². The molecule has 0 spiro atoms. The number of fused-ring (bicyclic) bond motifs is 1. The molecule has 0 aromatic carbocycles. The van der Waals surface area contributed by atoms with Crippen molar-refractivity contribution in [2.45, 2.75) is 6.92 Å². The molecule has 0 atom stereocenters. The second-order valence-corrected chi connectivity index (χ2v) is 3.29. The second kappa shape index (κ2) is 3.06. The molecule has 0 bridgehead atoms. The molecule has 2 aromatic heterocycles. The van der Waals surface area contributed by atoms with Gasteiger partial charge in [0, 0.05) is 6.54 Å². The number of aromatic nitrogens is 2. The van der Waals surface area contributed by atoms with Crippen LogP contribution in [-0.2, 0) is 0 Å². The van der Waals surface area contributed by atoms with Crippen molar-refractivity contribution in [1.29, 1.82) is 0 Å². The molecule has 0 aliphatic carbocycles. The molecule has 1 N–H and O–H groups in total. The highest BCUT2D eigenvalue weighted by atomic mass is 32.1. The highest BCUT2D eigenvalue weighted by Crippen LogP contribution is 2.23. The molecule has 4 heteroatoms. The van der Waals surface area contributed by atoms with Gasteiger partial charge in [0.15, 0.2) is 0 Å².